The summed E-state index contributed by atoms with van der Waals surface area (Å²) in [6, 6.07) is 3.67. The number of rotatable bonds is 4. The molecule has 7 heteroatoms. The zero-order chi connectivity index (χ0) is 13.3. The maximum absolute atomic E-state index is 12.7. The van der Waals surface area contributed by atoms with Gasteiger partial charge in [-0.05, 0) is 25.5 Å². The SMILES string of the molecule is CCC(C)N(C)c1ccc2nnc(C(F)F)n2n1. The molecule has 1 atom stereocenters. The van der Waals surface area contributed by atoms with Gasteiger partial charge >= 0.3 is 0 Å². The maximum Gasteiger partial charge on any atom is 0.299 e. The Hall–Kier alpha value is -1.79. The van der Waals surface area contributed by atoms with E-state index in [0.717, 1.165) is 10.9 Å². The van der Waals surface area contributed by atoms with Gasteiger partial charge in [-0.15, -0.1) is 15.3 Å². The molecule has 98 valence electrons. The van der Waals surface area contributed by atoms with Crippen LogP contribution >= 0.6 is 0 Å². The van der Waals surface area contributed by atoms with Crippen molar-refractivity contribution < 1.29 is 8.78 Å². The number of fused-ring (bicyclic) bond motifs is 1. The fourth-order valence-electron chi connectivity index (χ4n) is 1.62. The average molecular weight is 255 g/mol. The van der Waals surface area contributed by atoms with Gasteiger partial charge in [-0.3, -0.25) is 0 Å². The average Bonchev–Trinajstić information content (AvgIpc) is 2.79. The van der Waals surface area contributed by atoms with Gasteiger partial charge in [-0.2, -0.15) is 4.52 Å². The fourth-order valence-corrected chi connectivity index (χ4v) is 1.62. The monoisotopic (exact) mass is 255 g/mol. The molecule has 0 spiro atoms. The number of alkyl halides is 2. The highest BCUT2D eigenvalue weighted by Gasteiger charge is 2.18. The number of nitrogens with zero attached hydrogens (tertiary/aromatic N) is 5. The maximum atomic E-state index is 12.7. The fraction of sp³-hybridized carbons (Fsp3) is 0.545. The molecule has 0 saturated heterocycles. The van der Waals surface area contributed by atoms with Crippen LogP contribution in [0.4, 0.5) is 14.6 Å². The molecule has 2 aromatic heterocycles. The van der Waals surface area contributed by atoms with Gasteiger partial charge in [-0.1, -0.05) is 6.92 Å². The number of hydrogen-bond donors (Lipinski definition) is 0. The van der Waals surface area contributed by atoms with E-state index in [1.54, 1.807) is 12.1 Å². The first-order chi connectivity index (χ1) is 8.54. The lowest BCUT2D eigenvalue weighted by Gasteiger charge is -2.24. The van der Waals surface area contributed by atoms with Crippen molar-refractivity contribution in [3.63, 3.8) is 0 Å². The second-order valence-corrected chi connectivity index (χ2v) is 4.19. The van der Waals surface area contributed by atoms with E-state index in [1.807, 2.05) is 18.9 Å². The van der Waals surface area contributed by atoms with Crippen molar-refractivity contribution in [2.75, 3.05) is 11.9 Å². The molecule has 0 bridgehead atoms. The summed E-state index contributed by atoms with van der Waals surface area (Å²) < 4.78 is 26.5. The van der Waals surface area contributed by atoms with Gasteiger partial charge in [0.05, 0.1) is 0 Å². The third-order valence-electron chi connectivity index (χ3n) is 3.08. The van der Waals surface area contributed by atoms with Crippen molar-refractivity contribution in [3.05, 3.63) is 18.0 Å². The number of halogens is 2. The standard InChI is InChI=1S/C11H15F2N5/c1-4-7(2)17(3)9-6-5-8-14-15-11(10(12)13)18(8)16-9/h5-7,10H,4H2,1-3H3. The van der Waals surface area contributed by atoms with Crippen LogP contribution in [-0.4, -0.2) is 32.9 Å². The molecule has 0 aliphatic carbocycles. The summed E-state index contributed by atoms with van der Waals surface area (Å²) in [5, 5.41) is 11.3. The van der Waals surface area contributed by atoms with Crippen LogP contribution in [-0.2, 0) is 0 Å². The van der Waals surface area contributed by atoms with E-state index in [-0.39, 0.29) is 6.04 Å². The number of aromatic nitrogens is 4. The van der Waals surface area contributed by atoms with Gasteiger partial charge in [-0.25, -0.2) is 8.78 Å². The zero-order valence-corrected chi connectivity index (χ0v) is 10.5. The van der Waals surface area contributed by atoms with Crippen LogP contribution in [0.3, 0.4) is 0 Å². The van der Waals surface area contributed by atoms with Crippen LogP contribution in [0.25, 0.3) is 5.65 Å². The van der Waals surface area contributed by atoms with Crippen LogP contribution in [0.1, 0.15) is 32.5 Å². The van der Waals surface area contributed by atoms with Crippen LogP contribution in [0, 0.1) is 0 Å². The minimum atomic E-state index is -2.68. The molecule has 18 heavy (non-hydrogen) atoms. The largest absolute Gasteiger partial charge is 0.356 e. The van der Waals surface area contributed by atoms with E-state index in [2.05, 4.69) is 22.2 Å². The first kappa shape index (κ1) is 12.7. The molecule has 0 fully saturated rings. The summed E-state index contributed by atoms with van der Waals surface area (Å²) in [6.07, 6.45) is -1.74. The quantitative estimate of drug-likeness (QED) is 0.841. The van der Waals surface area contributed by atoms with E-state index in [4.69, 9.17) is 0 Å². The van der Waals surface area contributed by atoms with E-state index in [9.17, 15) is 8.78 Å². The first-order valence-corrected chi connectivity index (χ1v) is 5.78. The predicted octanol–water partition coefficient (Wildman–Crippen LogP) is 2.30. The molecule has 2 aromatic rings. The van der Waals surface area contributed by atoms with E-state index in [0.29, 0.717) is 11.5 Å². The Labute approximate surface area is 103 Å². The first-order valence-electron chi connectivity index (χ1n) is 5.78. The summed E-state index contributed by atoms with van der Waals surface area (Å²) in [5.74, 6) is 0.197. The van der Waals surface area contributed by atoms with Crippen molar-refractivity contribution in [1.82, 2.24) is 19.8 Å². The molecule has 0 aliphatic rings. The number of hydrogen-bond acceptors (Lipinski definition) is 4. The normalized spacial score (nSPS) is 13.2. The predicted molar refractivity (Wildman–Crippen MR) is 63.9 cm³/mol. The van der Waals surface area contributed by atoms with E-state index < -0.39 is 12.2 Å². The second kappa shape index (κ2) is 4.83. The van der Waals surface area contributed by atoms with Crippen molar-refractivity contribution in [1.29, 1.82) is 0 Å². The Balaban J connectivity index is 2.45. The molecule has 5 nitrogen and oxygen atoms in total. The Morgan fingerprint density at radius 2 is 2.06 bits per heavy atom. The molecule has 2 rings (SSSR count). The minimum Gasteiger partial charge on any atom is -0.356 e. The molecular formula is C11H15F2N5. The molecule has 1 unspecified atom stereocenters. The smallest absolute Gasteiger partial charge is 0.299 e. The van der Waals surface area contributed by atoms with Gasteiger partial charge in [0.1, 0.15) is 5.82 Å². The number of anilines is 1. The highest BCUT2D eigenvalue weighted by molar-refractivity contribution is 5.45. The molecule has 0 aliphatic heterocycles. The Morgan fingerprint density at radius 1 is 1.33 bits per heavy atom. The van der Waals surface area contributed by atoms with Crippen molar-refractivity contribution >= 4 is 11.5 Å². The summed E-state index contributed by atoms with van der Waals surface area (Å²) >= 11 is 0. The Morgan fingerprint density at radius 3 is 2.67 bits per heavy atom. The van der Waals surface area contributed by atoms with Crippen LogP contribution < -0.4 is 4.90 Å². The van der Waals surface area contributed by atoms with Gasteiger partial charge in [0.15, 0.2) is 5.65 Å². The van der Waals surface area contributed by atoms with Gasteiger partial charge in [0.25, 0.3) is 6.43 Å². The Bertz CT molecular complexity index is 539. The highest BCUT2D eigenvalue weighted by atomic mass is 19.3. The van der Waals surface area contributed by atoms with Gasteiger partial charge < -0.3 is 4.90 Å². The molecule has 0 saturated carbocycles. The lowest BCUT2D eigenvalue weighted by atomic mass is 10.2. The van der Waals surface area contributed by atoms with Crippen molar-refractivity contribution in [2.24, 2.45) is 0 Å². The lowest BCUT2D eigenvalue weighted by Crippen LogP contribution is -2.29. The van der Waals surface area contributed by atoms with Gasteiger partial charge in [0.2, 0.25) is 5.82 Å². The topological polar surface area (TPSA) is 46.3 Å². The summed E-state index contributed by atoms with van der Waals surface area (Å²) in [7, 11) is 1.88. The molecule has 0 aromatic carbocycles. The molecular weight excluding hydrogens is 240 g/mol. The molecule has 0 N–H and O–H groups in total. The van der Waals surface area contributed by atoms with E-state index in [1.165, 1.54) is 0 Å². The second-order valence-electron chi connectivity index (χ2n) is 4.19. The summed E-state index contributed by atoms with van der Waals surface area (Å²) in [6.45, 7) is 4.11. The van der Waals surface area contributed by atoms with Crippen LogP contribution in [0.15, 0.2) is 12.1 Å². The van der Waals surface area contributed by atoms with E-state index >= 15 is 0 Å². The third-order valence-corrected chi connectivity index (χ3v) is 3.08. The summed E-state index contributed by atoms with van der Waals surface area (Å²) in [5.41, 5.74) is 0.326. The van der Waals surface area contributed by atoms with Crippen LogP contribution in [0.2, 0.25) is 0 Å². The highest BCUT2D eigenvalue weighted by Crippen LogP contribution is 2.19. The molecule has 2 heterocycles. The third kappa shape index (κ3) is 2.12. The molecule has 0 radical (unpaired) electrons. The Kier molecular flexibility index (Phi) is 3.40. The van der Waals surface area contributed by atoms with Crippen LogP contribution in [0.5, 0.6) is 0 Å². The van der Waals surface area contributed by atoms with Crippen molar-refractivity contribution in [2.45, 2.75) is 32.7 Å². The van der Waals surface area contributed by atoms with Gasteiger partial charge in [0, 0.05) is 13.1 Å². The molecule has 0 amide bonds. The lowest BCUT2D eigenvalue weighted by molar-refractivity contribution is 0.137. The zero-order valence-electron chi connectivity index (χ0n) is 10.5. The minimum absolute atomic E-state index is 0.279. The summed E-state index contributed by atoms with van der Waals surface area (Å²) in [4.78, 5) is 1.94. The van der Waals surface area contributed by atoms with Crippen molar-refractivity contribution in [3.8, 4) is 0 Å².